The Bertz CT molecular complexity index is 314. The lowest BCUT2D eigenvalue weighted by Gasteiger charge is -2.06. The molecular weight excluding hydrogens is 196 g/mol. The van der Waals surface area contributed by atoms with E-state index in [-0.39, 0.29) is 11.6 Å². The molecular formula is C11H14O2S. The van der Waals surface area contributed by atoms with E-state index in [0.29, 0.717) is 11.3 Å². The molecule has 0 bridgehead atoms. The zero-order valence-electron chi connectivity index (χ0n) is 8.45. The average Bonchev–Trinajstić information content (AvgIpc) is 2.68. The van der Waals surface area contributed by atoms with Gasteiger partial charge in [-0.05, 0) is 24.8 Å². The first-order chi connectivity index (χ1) is 6.66. The van der Waals surface area contributed by atoms with Crippen LogP contribution in [-0.4, -0.2) is 11.6 Å². The Hall–Kier alpha value is -0.960. The number of hydrogen-bond donors (Lipinski definition) is 0. The zero-order chi connectivity index (χ0) is 10.6. The van der Waals surface area contributed by atoms with Gasteiger partial charge in [0, 0.05) is 6.42 Å². The van der Waals surface area contributed by atoms with Gasteiger partial charge < -0.3 is 0 Å². The highest BCUT2D eigenvalue weighted by atomic mass is 32.1. The Morgan fingerprint density at radius 1 is 1.50 bits per heavy atom. The second-order valence-corrected chi connectivity index (χ2v) is 4.23. The number of carbonyl (C=O) groups excluding carboxylic acids is 2. The van der Waals surface area contributed by atoms with Crippen molar-refractivity contribution in [1.29, 1.82) is 0 Å². The van der Waals surface area contributed by atoms with Gasteiger partial charge in [-0.3, -0.25) is 9.59 Å². The SMILES string of the molecule is CCCC(=O)C(C)C(=O)c1cccs1. The summed E-state index contributed by atoms with van der Waals surface area (Å²) in [5.74, 6) is -0.474. The minimum atomic E-state index is -0.478. The first-order valence-corrected chi connectivity index (χ1v) is 5.65. The fraction of sp³-hybridized carbons (Fsp3) is 0.455. The smallest absolute Gasteiger partial charge is 0.182 e. The van der Waals surface area contributed by atoms with Crippen molar-refractivity contribution in [2.75, 3.05) is 0 Å². The van der Waals surface area contributed by atoms with Crippen molar-refractivity contribution < 1.29 is 9.59 Å². The molecule has 3 heteroatoms. The predicted octanol–water partition coefficient (Wildman–Crippen LogP) is 2.94. The van der Waals surface area contributed by atoms with Crippen LogP contribution in [0.25, 0.3) is 0 Å². The van der Waals surface area contributed by atoms with Gasteiger partial charge in [0.15, 0.2) is 5.78 Å². The Morgan fingerprint density at radius 2 is 2.21 bits per heavy atom. The topological polar surface area (TPSA) is 34.1 Å². The van der Waals surface area contributed by atoms with Crippen LogP contribution in [0.15, 0.2) is 17.5 Å². The monoisotopic (exact) mass is 210 g/mol. The molecule has 0 aliphatic heterocycles. The highest BCUT2D eigenvalue weighted by Crippen LogP contribution is 2.16. The van der Waals surface area contributed by atoms with E-state index in [1.54, 1.807) is 13.0 Å². The first-order valence-electron chi connectivity index (χ1n) is 4.77. The lowest BCUT2D eigenvalue weighted by molar-refractivity contribution is -0.121. The summed E-state index contributed by atoms with van der Waals surface area (Å²) in [6.45, 7) is 3.64. The molecule has 0 aliphatic carbocycles. The molecule has 2 nitrogen and oxygen atoms in total. The summed E-state index contributed by atoms with van der Waals surface area (Å²) < 4.78 is 0. The Kier molecular flexibility index (Phi) is 4.01. The van der Waals surface area contributed by atoms with E-state index in [2.05, 4.69) is 0 Å². The molecule has 76 valence electrons. The summed E-state index contributed by atoms with van der Waals surface area (Å²) in [5, 5.41) is 1.85. The molecule has 1 atom stereocenters. The molecule has 0 aromatic carbocycles. The van der Waals surface area contributed by atoms with E-state index in [0.717, 1.165) is 6.42 Å². The third-order valence-electron chi connectivity index (χ3n) is 2.14. The van der Waals surface area contributed by atoms with Gasteiger partial charge in [-0.1, -0.05) is 13.0 Å². The van der Waals surface area contributed by atoms with E-state index in [1.807, 2.05) is 18.4 Å². The lowest BCUT2D eigenvalue weighted by atomic mass is 9.97. The summed E-state index contributed by atoms with van der Waals surface area (Å²) in [5.41, 5.74) is 0. The van der Waals surface area contributed by atoms with Gasteiger partial charge in [0.2, 0.25) is 0 Å². The molecule has 0 fully saturated rings. The summed E-state index contributed by atoms with van der Waals surface area (Å²) in [6, 6.07) is 3.59. The third-order valence-corrected chi connectivity index (χ3v) is 3.02. The Balaban J connectivity index is 2.66. The van der Waals surface area contributed by atoms with E-state index in [9.17, 15) is 9.59 Å². The van der Waals surface area contributed by atoms with Crippen molar-refractivity contribution in [3.8, 4) is 0 Å². The van der Waals surface area contributed by atoms with Crippen molar-refractivity contribution in [3.05, 3.63) is 22.4 Å². The van der Waals surface area contributed by atoms with E-state index in [1.165, 1.54) is 11.3 Å². The quantitative estimate of drug-likeness (QED) is 0.553. The van der Waals surface area contributed by atoms with Crippen LogP contribution in [0, 0.1) is 5.92 Å². The number of Topliss-reactive ketones (excluding diaryl/α,β-unsaturated/α-hetero) is 2. The first kappa shape index (κ1) is 11.1. The van der Waals surface area contributed by atoms with Gasteiger partial charge in [0.1, 0.15) is 5.78 Å². The number of rotatable bonds is 5. The van der Waals surface area contributed by atoms with E-state index >= 15 is 0 Å². The molecule has 14 heavy (non-hydrogen) atoms. The van der Waals surface area contributed by atoms with Gasteiger partial charge in [0.25, 0.3) is 0 Å². The summed E-state index contributed by atoms with van der Waals surface area (Å²) in [4.78, 5) is 23.9. The largest absolute Gasteiger partial charge is 0.299 e. The molecule has 0 radical (unpaired) electrons. The summed E-state index contributed by atoms with van der Waals surface area (Å²) >= 11 is 1.39. The van der Waals surface area contributed by atoms with Crippen LogP contribution in [0.4, 0.5) is 0 Å². The molecule has 1 aromatic heterocycles. The summed E-state index contributed by atoms with van der Waals surface area (Å²) in [7, 11) is 0. The number of hydrogen-bond acceptors (Lipinski definition) is 3. The van der Waals surface area contributed by atoms with E-state index < -0.39 is 5.92 Å². The van der Waals surface area contributed by atoms with Crippen LogP contribution in [0.5, 0.6) is 0 Å². The molecule has 0 N–H and O–H groups in total. The van der Waals surface area contributed by atoms with Gasteiger partial charge in [-0.15, -0.1) is 11.3 Å². The maximum atomic E-state index is 11.7. The maximum Gasteiger partial charge on any atom is 0.182 e. The molecule has 1 heterocycles. The van der Waals surface area contributed by atoms with Crippen LogP contribution >= 0.6 is 11.3 Å². The van der Waals surface area contributed by atoms with Crippen molar-refractivity contribution in [2.45, 2.75) is 26.7 Å². The number of thiophene rings is 1. The van der Waals surface area contributed by atoms with Crippen molar-refractivity contribution in [2.24, 2.45) is 5.92 Å². The predicted molar refractivity (Wildman–Crippen MR) is 57.7 cm³/mol. The average molecular weight is 210 g/mol. The highest BCUT2D eigenvalue weighted by molar-refractivity contribution is 7.12. The fourth-order valence-corrected chi connectivity index (χ4v) is 2.00. The molecule has 0 saturated heterocycles. The van der Waals surface area contributed by atoms with Crippen molar-refractivity contribution in [1.82, 2.24) is 0 Å². The Labute approximate surface area is 87.9 Å². The molecule has 0 aliphatic rings. The fourth-order valence-electron chi connectivity index (χ4n) is 1.24. The second-order valence-electron chi connectivity index (χ2n) is 3.28. The molecule has 1 aromatic rings. The highest BCUT2D eigenvalue weighted by Gasteiger charge is 2.22. The van der Waals surface area contributed by atoms with Gasteiger partial charge >= 0.3 is 0 Å². The molecule has 0 saturated carbocycles. The third kappa shape index (κ3) is 2.51. The van der Waals surface area contributed by atoms with Crippen LogP contribution < -0.4 is 0 Å². The minimum Gasteiger partial charge on any atom is -0.299 e. The van der Waals surface area contributed by atoms with Crippen LogP contribution in [0.3, 0.4) is 0 Å². The summed E-state index contributed by atoms with van der Waals surface area (Å²) in [6.07, 6.45) is 1.30. The van der Waals surface area contributed by atoms with Gasteiger partial charge in [0.05, 0.1) is 10.8 Å². The zero-order valence-corrected chi connectivity index (χ0v) is 9.26. The number of carbonyl (C=O) groups is 2. The van der Waals surface area contributed by atoms with E-state index in [4.69, 9.17) is 0 Å². The number of ketones is 2. The van der Waals surface area contributed by atoms with Gasteiger partial charge in [-0.2, -0.15) is 0 Å². The lowest BCUT2D eigenvalue weighted by Crippen LogP contribution is -2.20. The normalized spacial score (nSPS) is 12.4. The molecule has 0 amide bonds. The molecule has 1 rings (SSSR count). The maximum absolute atomic E-state index is 11.7. The van der Waals surface area contributed by atoms with Crippen molar-refractivity contribution in [3.63, 3.8) is 0 Å². The standard InChI is InChI=1S/C11H14O2S/c1-3-5-9(12)8(2)11(13)10-6-4-7-14-10/h4,6-8H,3,5H2,1-2H3. The van der Waals surface area contributed by atoms with Gasteiger partial charge in [-0.25, -0.2) is 0 Å². The van der Waals surface area contributed by atoms with Crippen LogP contribution in [0.2, 0.25) is 0 Å². The molecule has 0 spiro atoms. The Morgan fingerprint density at radius 3 is 2.71 bits per heavy atom. The minimum absolute atomic E-state index is 0.0431. The van der Waals surface area contributed by atoms with Crippen LogP contribution in [0.1, 0.15) is 36.4 Å². The molecule has 1 unspecified atom stereocenters. The van der Waals surface area contributed by atoms with Crippen LogP contribution in [-0.2, 0) is 4.79 Å². The van der Waals surface area contributed by atoms with Crippen molar-refractivity contribution >= 4 is 22.9 Å². The second kappa shape index (κ2) is 5.05.